The summed E-state index contributed by atoms with van der Waals surface area (Å²) in [5, 5.41) is 5.47. The van der Waals surface area contributed by atoms with Crippen molar-refractivity contribution in [3.8, 4) is 11.5 Å². The fraction of sp³-hybridized carbons (Fsp3) is 0.357. The van der Waals surface area contributed by atoms with Crippen LogP contribution in [-0.2, 0) is 0 Å². The zero-order valence-corrected chi connectivity index (χ0v) is 12.2. The highest BCUT2D eigenvalue weighted by molar-refractivity contribution is 7.10. The lowest BCUT2D eigenvalue weighted by Gasteiger charge is -2.17. The second-order valence-corrected chi connectivity index (χ2v) is 4.98. The Hall–Kier alpha value is -1.59. The van der Waals surface area contributed by atoms with Gasteiger partial charge in [0.2, 0.25) is 0 Å². The van der Waals surface area contributed by atoms with E-state index < -0.39 is 0 Å². The molecule has 0 radical (unpaired) electrons. The molecule has 2 aromatic rings. The van der Waals surface area contributed by atoms with Crippen molar-refractivity contribution in [1.29, 1.82) is 0 Å². The Morgan fingerprint density at radius 3 is 2.63 bits per heavy atom. The van der Waals surface area contributed by atoms with E-state index >= 15 is 0 Å². The summed E-state index contributed by atoms with van der Waals surface area (Å²) in [5.41, 5.74) is 1.09. The third kappa shape index (κ3) is 3.24. The number of nitrogens with one attached hydrogen (secondary N) is 1. The maximum Gasteiger partial charge on any atom is 0.137 e. The molecule has 1 atom stereocenters. The minimum atomic E-state index is 0.112. The quantitative estimate of drug-likeness (QED) is 0.882. The van der Waals surface area contributed by atoms with Crippen molar-refractivity contribution in [2.75, 3.05) is 20.8 Å². The van der Waals surface area contributed by atoms with Gasteiger partial charge in [0.15, 0.2) is 0 Å². The van der Waals surface area contributed by atoms with E-state index in [0.717, 1.165) is 23.6 Å². The number of methoxy groups -OCH3 is 2. The maximum absolute atomic E-state index is 5.25. The van der Waals surface area contributed by atoms with Gasteiger partial charge in [0.25, 0.3) is 0 Å². The molecule has 2 aromatic heterocycles. The molecule has 2 rings (SSSR count). The van der Waals surface area contributed by atoms with Gasteiger partial charge < -0.3 is 14.8 Å². The van der Waals surface area contributed by atoms with Gasteiger partial charge in [-0.3, -0.25) is 4.98 Å². The van der Waals surface area contributed by atoms with Gasteiger partial charge in [-0.15, -0.1) is 11.3 Å². The Bertz CT molecular complexity index is 528. The molecule has 0 aliphatic heterocycles. The van der Waals surface area contributed by atoms with Crippen LogP contribution in [0.2, 0.25) is 0 Å². The van der Waals surface area contributed by atoms with Crippen LogP contribution in [0.5, 0.6) is 11.5 Å². The lowest BCUT2D eigenvalue weighted by atomic mass is 10.1. The predicted octanol–water partition coefficient (Wildman–Crippen LogP) is 2.86. The average Bonchev–Trinajstić information content (AvgIpc) is 2.93. The number of ether oxygens (including phenoxy) is 2. The summed E-state index contributed by atoms with van der Waals surface area (Å²) in [6.07, 6.45) is 3.57. The van der Waals surface area contributed by atoms with Gasteiger partial charge in [0, 0.05) is 16.5 Å². The number of aromatic nitrogens is 1. The van der Waals surface area contributed by atoms with Crippen LogP contribution in [-0.4, -0.2) is 25.7 Å². The van der Waals surface area contributed by atoms with E-state index in [1.807, 2.05) is 17.6 Å². The second kappa shape index (κ2) is 6.54. The highest BCUT2D eigenvalue weighted by atomic mass is 32.1. The van der Waals surface area contributed by atoms with Gasteiger partial charge in [-0.2, -0.15) is 0 Å². The largest absolute Gasteiger partial charge is 0.496 e. The van der Waals surface area contributed by atoms with Crippen molar-refractivity contribution in [2.24, 2.45) is 0 Å². The molecule has 0 aromatic carbocycles. The molecule has 0 bridgehead atoms. The van der Waals surface area contributed by atoms with Crippen molar-refractivity contribution in [3.63, 3.8) is 0 Å². The van der Waals surface area contributed by atoms with Gasteiger partial charge >= 0.3 is 0 Å². The first kappa shape index (κ1) is 13.8. The van der Waals surface area contributed by atoms with Crippen LogP contribution in [0.1, 0.15) is 23.4 Å². The molecule has 1 unspecified atom stereocenters. The van der Waals surface area contributed by atoms with Gasteiger partial charge in [-0.05, 0) is 24.2 Å². The zero-order chi connectivity index (χ0) is 13.7. The molecule has 0 aliphatic rings. The Labute approximate surface area is 117 Å². The molecule has 5 heteroatoms. The molecule has 102 valence electrons. The first-order chi connectivity index (χ1) is 9.28. The zero-order valence-electron chi connectivity index (χ0n) is 11.3. The lowest BCUT2D eigenvalue weighted by molar-refractivity contribution is 0.411. The molecule has 4 nitrogen and oxygen atoms in total. The highest BCUT2D eigenvalue weighted by Gasteiger charge is 2.16. The Morgan fingerprint density at radius 1 is 1.21 bits per heavy atom. The van der Waals surface area contributed by atoms with Crippen LogP contribution in [0.25, 0.3) is 0 Å². The molecule has 0 fully saturated rings. The van der Waals surface area contributed by atoms with E-state index in [2.05, 4.69) is 23.3 Å². The SMILES string of the molecule is CCNC(c1cncc(OC)c1)c1cc(OC)cs1. The average molecular weight is 278 g/mol. The molecule has 2 heterocycles. The minimum absolute atomic E-state index is 0.112. The number of thiophene rings is 1. The maximum atomic E-state index is 5.25. The summed E-state index contributed by atoms with van der Waals surface area (Å²) < 4.78 is 10.5. The highest BCUT2D eigenvalue weighted by Crippen LogP contribution is 2.31. The molecular weight excluding hydrogens is 260 g/mol. The van der Waals surface area contributed by atoms with Gasteiger partial charge in [0.05, 0.1) is 26.5 Å². The van der Waals surface area contributed by atoms with E-state index in [0.29, 0.717) is 0 Å². The third-order valence-corrected chi connectivity index (χ3v) is 3.80. The van der Waals surface area contributed by atoms with Crippen molar-refractivity contribution in [3.05, 3.63) is 40.3 Å². The summed E-state index contributed by atoms with van der Waals surface area (Å²) in [6, 6.07) is 4.17. The van der Waals surface area contributed by atoms with Crippen molar-refractivity contribution in [1.82, 2.24) is 10.3 Å². The predicted molar refractivity (Wildman–Crippen MR) is 77.2 cm³/mol. The van der Waals surface area contributed by atoms with Crippen molar-refractivity contribution < 1.29 is 9.47 Å². The number of hydrogen-bond donors (Lipinski definition) is 1. The van der Waals surface area contributed by atoms with E-state index in [1.54, 1.807) is 31.8 Å². The van der Waals surface area contributed by atoms with Gasteiger partial charge in [0.1, 0.15) is 11.5 Å². The first-order valence-corrected chi connectivity index (χ1v) is 7.01. The van der Waals surface area contributed by atoms with Crippen LogP contribution in [0.4, 0.5) is 0 Å². The minimum Gasteiger partial charge on any atom is -0.496 e. The van der Waals surface area contributed by atoms with Gasteiger partial charge in [-0.1, -0.05) is 6.92 Å². The molecule has 0 saturated carbocycles. The van der Waals surface area contributed by atoms with Crippen LogP contribution in [0.15, 0.2) is 29.9 Å². The number of pyridine rings is 1. The molecule has 0 spiro atoms. The Kier molecular flexibility index (Phi) is 4.76. The van der Waals surface area contributed by atoms with E-state index in [9.17, 15) is 0 Å². The van der Waals surface area contributed by atoms with E-state index in [-0.39, 0.29) is 6.04 Å². The van der Waals surface area contributed by atoms with E-state index in [1.165, 1.54) is 4.88 Å². The standard InChI is InChI=1S/C14H18N2O2S/c1-4-16-14(13-6-12(18-3)9-19-13)10-5-11(17-2)8-15-7-10/h5-9,14,16H,4H2,1-3H3. The summed E-state index contributed by atoms with van der Waals surface area (Å²) in [7, 11) is 3.33. The van der Waals surface area contributed by atoms with Crippen LogP contribution < -0.4 is 14.8 Å². The van der Waals surface area contributed by atoms with Crippen LogP contribution in [0.3, 0.4) is 0 Å². The summed E-state index contributed by atoms with van der Waals surface area (Å²) >= 11 is 1.67. The van der Waals surface area contributed by atoms with E-state index in [4.69, 9.17) is 9.47 Å². The molecule has 0 aliphatic carbocycles. The topological polar surface area (TPSA) is 43.4 Å². The molecule has 19 heavy (non-hydrogen) atoms. The normalized spacial score (nSPS) is 12.2. The summed E-state index contributed by atoms with van der Waals surface area (Å²) in [5.74, 6) is 1.66. The van der Waals surface area contributed by atoms with Crippen LogP contribution in [0, 0.1) is 0 Å². The number of rotatable bonds is 6. The molecule has 0 saturated heterocycles. The summed E-state index contributed by atoms with van der Waals surface area (Å²) in [6.45, 7) is 2.97. The number of nitrogens with zero attached hydrogens (tertiary/aromatic N) is 1. The smallest absolute Gasteiger partial charge is 0.137 e. The fourth-order valence-electron chi connectivity index (χ4n) is 1.88. The Morgan fingerprint density at radius 2 is 2.00 bits per heavy atom. The monoisotopic (exact) mass is 278 g/mol. The van der Waals surface area contributed by atoms with Crippen molar-refractivity contribution in [2.45, 2.75) is 13.0 Å². The summed E-state index contributed by atoms with van der Waals surface area (Å²) in [4.78, 5) is 5.42. The third-order valence-electron chi connectivity index (χ3n) is 2.83. The Balaban J connectivity index is 2.32. The second-order valence-electron chi connectivity index (χ2n) is 4.04. The van der Waals surface area contributed by atoms with Crippen LogP contribution >= 0.6 is 11.3 Å². The number of hydrogen-bond acceptors (Lipinski definition) is 5. The fourth-order valence-corrected chi connectivity index (χ4v) is 2.84. The first-order valence-electron chi connectivity index (χ1n) is 6.13. The lowest BCUT2D eigenvalue weighted by Crippen LogP contribution is -2.21. The van der Waals surface area contributed by atoms with Crippen molar-refractivity contribution >= 4 is 11.3 Å². The van der Waals surface area contributed by atoms with Gasteiger partial charge in [-0.25, -0.2) is 0 Å². The molecule has 0 amide bonds. The molecular formula is C14H18N2O2S. The molecule has 1 N–H and O–H groups in total.